The smallest absolute Gasteiger partial charge is 0.0355 e. The van der Waals surface area contributed by atoms with E-state index in [4.69, 9.17) is 0 Å². The lowest BCUT2D eigenvalue weighted by atomic mass is 9.91. The third-order valence-corrected chi connectivity index (χ3v) is 4.71. The molecule has 0 radical (unpaired) electrons. The summed E-state index contributed by atoms with van der Waals surface area (Å²) in [5, 5.41) is 0. The molecular formula is C17H34. The summed E-state index contributed by atoms with van der Waals surface area (Å²) < 4.78 is 0. The van der Waals surface area contributed by atoms with E-state index in [1.807, 2.05) is 0 Å². The molecule has 0 heteroatoms. The molecule has 0 spiro atoms. The van der Waals surface area contributed by atoms with Gasteiger partial charge in [-0.05, 0) is 24.2 Å². The lowest BCUT2D eigenvalue weighted by Crippen LogP contribution is -2.03. The maximum absolute atomic E-state index is 2.41. The zero-order chi connectivity index (χ0) is 12.5. The Labute approximate surface area is 110 Å². The van der Waals surface area contributed by atoms with Crippen molar-refractivity contribution in [3.05, 3.63) is 0 Å². The van der Waals surface area contributed by atoms with Gasteiger partial charge < -0.3 is 0 Å². The molecule has 1 fully saturated rings. The molecule has 1 rings (SSSR count). The first-order chi connectivity index (χ1) is 8.33. The quantitative estimate of drug-likeness (QED) is 0.376. The van der Waals surface area contributed by atoms with E-state index in [-0.39, 0.29) is 0 Å². The van der Waals surface area contributed by atoms with Crippen LogP contribution in [0.2, 0.25) is 0 Å². The molecule has 0 aromatic heterocycles. The SMILES string of the molecule is CCCCCCC(CC)C1CC1CCCCC. The van der Waals surface area contributed by atoms with Crippen molar-refractivity contribution in [1.29, 1.82) is 0 Å². The van der Waals surface area contributed by atoms with Crippen LogP contribution < -0.4 is 0 Å². The predicted octanol–water partition coefficient (Wildman–Crippen LogP) is 6.20. The molecular weight excluding hydrogens is 204 g/mol. The van der Waals surface area contributed by atoms with Crippen LogP contribution in [0.4, 0.5) is 0 Å². The molecule has 0 aromatic carbocycles. The molecule has 0 N–H and O–H groups in total. The molecule has 3 atom stereocenters. The van der Waals surface area contributed by atoms with Gasteiger partial charge >= 0.3 is 0 Å². The molecule has 1 aliphatic rings. The zero-order valence-electron chi connectivity index (χ0n) is 12.5. The van der Waals surface area contributed by atoms with E-state index in [2.05, 4.69) is 20.8 Å². The first-order valence-corrected chi connectivity index (χ1v) is 8.33. The zero-order valence-corrected chi connectivity index (χ0v) is 12.5. The van der Waals surface area contributed by atoms with Gasteiger partial charge in [-0.15, -0.1) is 0 Å². The van der Waals surface area contributed by atoms with Gasteiger partial charge in [-0.2, -0.15) is 0 Å². The summed E-state index contributed by atoms with van der Waals surface area (Å²) in [5.74, 6) is 3.31. The highest BCUT2D eigenvalue weighted by Crippen LogP contribution is 2.50. The van der Waals surface area contributed by atoms with Crippen molar-refractivity contribution in [1.82, 2.24) is 0 Å². The lowest BCUT2D eigenvalue weighted by Gasteiger charge is -2.14. The molecule has 0 aliphatic heterocycles. The Balaban J connectivity index is 2.06. The van der Waals surface area contributed by atoms with E-state index in [1.54, 1.807) is 6.42 Å². The molecule has 0 aromatic rings. The molecule has 0 heterocycles. The summed E-state index contributed by atoms with van der Waals surface area (Å²) in [6, 6.07) is 0. The van der Waals surface area contributed by atoms with Crippen LogP contribution in [0.3, 0.4) is 0 Å². The molecule has 0 saturated heterocycles. The monoisotopic (exact) mass is 238 g/mol. The van der Waals surface area contributed by atoms with Crippen LogP contribution in [0.5, 0.6) is 0 Å². The van der Waals surface area contributed by atoms with Gasteiger partial charge in [-0.1, -0.05) is 85.0 Å². The van der Waals surface area contributed by atoms with E-state index >= 15 is 0 Å². The van der Waals surface area contributed by atoms with Crippen LogP contribution in [0.25, 0.3) is 0 Å². The van der Waals surface area contributed by atoms with Crippen LogP contribution in [-0.4, -0.2) is 0 Å². The van der Waals surface area contributed by atoms with Crippen molar-refractivity contribution >= 4 is 0 Å². The van der Waals surface area contributed by atoms with Gasteiger partial charge in [0, 0.05) is 0 Å². The molecule has 102 valence electrons. The second kappa shape index (κ2) is 9.00. The molecule has 1 aliphatic carbocycles. The fourth-order valence-electron chi connectivity index (χ4n) is 3.39. The first-order valence-electron chi connectivity index (χ1n) is 8.33. The van der Waals surface area contributed by atoms with Crippen molar-refractivity contribution < 1.29 is 0 Å². The van der Waals surface area contributed by atoms with E-state index in [9.17, 15) is 0 Å². The van der Waals surface area contributed by atoms with E-state index < -0.39 is 0 Å². The highest BCUT2D eigenvalue weighted by Gasteiger charge is 2.40. The Morgan fingerprint density at radius 2 is 1.59 bits per heavy atom. The molecule has 3 unspecified atom stereocenters. The Morgan fingerprint density at radius 1 is 0.882 bits per heavy atom. The average molecular weight is 238 g/mol. The van der Waals surface area contributed by atoms with Crippen molar-refractivity contribution in [2.45, 2.75) is 91.4 Å². The lowest BCUT2D eigenvalue weighted by molar-refractivity contribution is 0.369. The van der Waals surface area contributed by atoms with Gasteiger partial charge in [-0.25, -0.2) is 0 Å². The third kappa shape index (κ3) is 5.93. The minimum absolute atomic E-state index is 1.07. The minimum atomic E-state index is 1.07. The van der Waals surface area contributed by atoms with Crippen LogP contribution >= 0.6 is 0 Å². The summed E-state index contributed by atoms with van der Waals surface area (Å²) in [7, 11) is 0. The topological polar surface area (TPSA) is 0 Å². The third-order valence-electron chi connectivity index (χ3n) is 4.71. The van der Waals surface area contributed by atoms with Crippen LogP contribution in [0.15, 0.2) is 0 Å². The number of hydrogen-bond donors (Lipinski definition) is 0. The van der Waals surface area contributed by atoms with Gasteiger partial charge in [0.15, 0.2) is 0 Å². The molecule has 1 saturated carbocycles. The second-order valence-electron chi connectivity index (χ2n) is 6.17. The van der Waals surface area contributed by atoms with Crippen LogP contribution in [0.1, 0.15) is 91.4 Å². The van der Waals surface area contributed by atoms with Crippen molar-refractivity contribution in [3.8, 4) is 0 Å². The average Bonchev–Trinajstić information content (AvgIpc) is 3.09. The van der Waals surface area contributed by atoms with Crippen molar-refractivity contribution in [3.63, 3.8) is 0 Å². The summed E-state index contributed by atoms with van der Waals surface area (Å²) in [5.41, 5.74) is 0. The summed E-state index contributed by atoms with van der Waals surface area (Å²) in [6.07, 6.45) is 16.2. The van der Waals surface area contributed by atoms with Crippen LogP contribution in [0, 0.1) is 17.8 Å². The Hall–Kier alpha value is 0. The molecule has 17 heavy (non-hydrogen) atoms. The van der Waals surface area contributed by atoms with E-state index in [0.29, 0.717) is 0 Å². The van der Waals surface area contributed by atoms with E-state index in [0.717, 1.165) is 17.8 Å². The van der Waals surface area contributed by atoms with Gasteiger partial charge in [0.25, 0.3) is 0 Å². The maximum atomic E-state index is 2.41. The first kappa shape index (κ1) is 15.1. The van der Waals surface area contributed by atoms with E-state index in [1.165, 1.54) is 64.2 Å². The van der Waals surface area contributed by atoms with Crippen molar-refractivity contribution in [2.24, 2.45) is 17.8 Å². The largest absolute Gasteiger partial charge is 0.0654 e. The second-order valence-corrected chi connectivity index (χ2v) is 6.17. The summed E-state index contributed by atoms with van der Waals surface area (Å²) in [6.45, 7) is 7.03. The molecule has 0 bridgehead atoms. The minimum Gasteiger partial charge on any atom is -0.0654 e. The Bertz CT molecular complexity index is 173. The van der Waals surface area contributed by atoms with Crippen molar-refractivity contribution in [2.75, 3.05) is 0 Å². The molecule has 0 nitrogen and oxygen atoms in total. The number of hydrogen-bond acceptors (Lipinski definition) is 0. The van der Waals surface area contributed by atoms with Crippen LogP contribution in [-0.2, 0) is 0 Å². The fraction of sp³-hybridized carbons (Fsp3) is 1.00. The summed E-state index contributed by atoms with van der Waals surface area (Å²) in [4.78, 5) is 0. The Kier molecular flexibility index (Phi) is 7.97. The normalized spacial score (nSPS) is 24.9. The summed E-state index contributed by atoms with van der Waals surface area (Å²) >= 11 is 0. The fourth-order valence-corrected chi connectivity index (χ4v) is 3.39. The van der Waals surface area contributed by atoms with Gasteiger partial charge in [-0.3, -0.25) is 0 Å². The molecule has 0 amide bonds. The number of rotatable bonds is 11. The van der Waals surface area contributed by atoms with Gasteiger partial charge in [0.1, 0.15) is 0 Å². The standard InChI is InChI=1S/C17H34/c1-4-7-9-11-12-15(6-3)17-14-16(17)13-10-8-5-2/h15-17H,4-14H2,1-3H3. The predicted molar refractivity (Wildman–Crippen MR) is 78.3 cm³/mol. The number of unbranched alkanes of at least 4 members (excludes halogenated alkanes) is 5. The Morgan fingerprint density at radius 3 is 2.24 bits per heavy atom. The highest BCUT2D eigenvalue weighted by molar-refractivity contribution is 4.90. The highest BCUT2D eigenvalue weighted by atomic mass is 14.5. The van der Waals surface area contributed by atoms with Gasteiger partial charge in [0.05, 0.1) is 0 Å². The van der Waals surface area contributed by atoms with Gasteiger partial charge in [0.2, 0.25) is 0 Å². The maximum Gasteiger partial charge on any atom is -0.0355 e.